The molecule has 7 nitrogen and oxygen atoms in total. The van der Waals surface area contributed by atoms with Crippen molar-refractivity contribution in [2.75, 3.05) is 13.1 Å². The Bertz CT molecular complexity index is 1200. The summed E-state index contributed by atoms with van der Waals surface area (Å²) in [5, 5.41) is 4.05. The Morgan fingerprint density at radius 2 is 1.90 bits per heavy atom. The molecule has 0 saturated carbocycles. The van der Waals surface area contributed by atoms with Crippen molar-refractivity contribution in [1.29, 1.82) is 0 Å². The number of benzene rings is 2. The normalized spacial score (nSPS) is 13.6. The summed E-state index contributed by atoms with van der Waals surface area (Å²) in [5.74, 6) is 1.72. The number of aromatic nitrogens is 3. The molecule has 0 N–H and O–H groups in total. The molecule has 1 fully saturated rings. The van der Waals surface area contributed by atoms with Crippen molar-refractivity contribution in [1.82, 2.24) is 20.0 Å². The summed E-state index contributed by atoms with van der Waals surface area (Å²) in [6.45, 7) is 3.14. The SMILES string of the molecule is Cc1cccc(C(=O)N2CC(Oc3ccc(-c4noc(-c5cccnc5)n4)cc3)C2)c1. The highest BCUT2D eigenvalue weighted by Crippen LogP contribution is 2.25. The molecule has 7 heteroatoms. The van der Waals surface area contributed by atoms with Crippen molar-refractivity contribution >= 4 is 5.91 Å². The van der Waals surface area contributed by atoms with Crippen molar-refractivity contribution < 1.29 is 14.1 Å². The van der Waals surface area contributed by atoms with Gasteiger partial charge in [0.25, 0.3) is 11.8 Å². The molecule has 1 aliphatic rings. The molecular formula is C24H20N4O3. The molecule has 1 amide bonds. The van der Waals surface area contributed by atoms with Crippen molar-refractivity contribution in [2.45, 2.75) is 13.0 Å². The quantitative estimate of drug-likeness (QED) is 0.493. The molecule has 0 bridgehead atoms. The average Bonchev–Trinajstić information content (AvgIpc) is 3.27. The Balaban J connectivity index is 1.18. The van der Waals surface area contributed by atoms with E-state index < -0.39 is 0 Å². The van der Waals surface area contributed by atoms with Crippen LogP contribution >= 0.6 is 0 Å². The minimum absolute atomic E-state index is 0.0121. The minimum Gasteiger partial charge on any atom is -0.487 e. The Kier molecular flexibility index (Phi) is 4.92. The molecule has 0 radical (unpaired) electrons. The molecule has 1 aliphatic heterocycles. The maximum absolute atomic E-state index is 12.5. The standard InChI is InChI=1S/C24H20N4O3/c1-16-4-2-5-18(12-16)24(29)28-14-21(15-28)30-20-9-7-17(8-10-20)22-26-23(31-27-22)19-6-3-11-25-13-19/h2-13,21H,14-15H2,1H3. The molecule has 0 aliphatic carbocycles. The van der Waals surface area contributed by atoms with Gasteiger partial charge in [0.15, 0.2) is 0 Å². The zero-order valence-electron chi connectivity index (χ0n) is 16.9. The van der Waals surface area contributed by atoms with E-state index in [1.54, 1.807) is 17.3 Å². The lowest BCUT2D eigenvalue weighted by atomic mass is 10.1. The molecule has 0 unspecified atom stereocenters. The molecule has 5 rings (SSSR count). The molecule has 3 heterocycles. The Morgan fingerprint density at radius 1 is 1.06 bits per heavy atom. The van der Waals surface area contributed by atoms with Crippen molar-refractivity contribution in [3.8, 4) is 28.6 Å². The maximum atomic E-state index is 12.5. The van der Waals surface area contributed by atoms with Crippen molar-refractivity contribution in [3.63, 3.8) is 0 Å². The van der Waals surface area contributed by atoms with Crippen LogP contribution in [-0.4, -0.2) is 45.1 Å². The van der Waals surface area contributed by atoms with Gasteiger partial charge in [0.2, 0.25) is 5.82 Å². The number of likely N-dealkylation sites (tertiary alicyclic amines) is 1. The number of pyridine rings is 1. The number of hydrogen-bond acceptors (Lipinski definition) is 6. The summed E-state index contributed by atoms with van der Waals surface area (Å²) >= 11 is 0. The van der Waals surface area contributed by atoms with E-state index in [9.17, 15) is 4.79 Å². The fourth-order valence-corrected chi connectivity index (χ4v) is 3.46. The van der Waals surface area contributed by atoms with E-state index in [1.165, 1.54) is 0 Å². The third kappa shape index (κ3) is 4.02. The molecule has 4 aromatic rings. The van der Waals surface area contributed by atoms with Crippen molar-refractivity contribution in [3.05, 3.63) is 84.2 Å². The number of nitrogens with zero attached hydrogens (tertiary/aromatic N) is 4. The summed E-state index contributed by atoms with van der Waals surface area (Å²) in [6.07, 6.45) is 3.36. The third-order valence-electron chi connectivity index (χ3n) is 5.15. The van der Waals surface area contributed by atoms with Crippen LogP contribution in [0.5, 0.6) is 5.75 Å². The minimum atomic E-state index is -0.0121. The molecule has 154 valence electrons. The van der Waals surface area contributed by atoms with E-state index >= 15 is 0 Å². The van der Waals surface area contributed by atoms with Gasteiger partial charge >= 0.3 is 0 Å². The van der Waals surface area contributed by atoms with Gasteiger partial charge in [-0.15, -0.1) is 0 Å². The fourth-order valence-electron chi connectivity index (χ4n) is 3.46. The predicted octanol–water partition coefficient (Wildman–Crippen LogP) is 4.01. The lowest BCUT2D eigenvalue weighted by Crippen LogP contribution is -2.56. The number of ether oxygens (including phenoxy) is 1. The van der Waals surface area contributed by atoms with Gasteiger partial charge in [0, 0.05) is 23.5 Å². The number of carbonyl (C=O) groups excluding carboxylic acids is 1. The number of amides is 1. The lowest BCUT2D eigenvalue weighted by molar-refractivity contribution is 0.0178. The van der Waals surface area contributed by atoms with Crippen LogP contribution in [0.25, 0.3) is 22.8 Å². The second-order valence-corrected chi connectivity index (χ2v) is 7.51. The lowest BCUT2D eigenvalue weighted by Gasteiger charge is -2.39. The molecule has 31 heavy (non-hydrogen) atoms. The van der Waals surface area contributed by atoms with Crippen LogP contribution < -0.4 is 4.74 Å². The predicted molar refractivity (Wildman–Crippen MR) is 114 cm³/mol. The summed E-state index contributed by atoms with van der Waals surface area (Å²) in [4.78, 5) is 22.8. The summed E-state index contributed by atoms with van der Waals surface area (Å²) < 4.78 is 11.3. The van der Waals surface area contributed by atoms with Gasteiger partial charge in [0.1, 0.15) is 11.9 Å². The van der Waals surface area contributed by atoms with E-state index in [0.29, 0.717) is 30.4 Å². The van der Waals surface area contributed by atoms with Crippen LogP contribution in [0, 0.1) is 6.92 Å². The number of rotatable bonds is 5. The third-order valence-corrected chi connectivity index (χ3v) is 5.15. The second kappa shape index (κ2) is 8.02. The first-order chi connectivity index (χ1) is 15.2. The van der Waals surface area contributed by atoms with Crippen molar-refractivity contribution in [2.24, 2.45) is 0 Å². The molecule has 2 aromatic carbocycles. The van der Waals surface area contributed by atoms with Gasteiger partial charge in [0.05, 0.1) is 18.7 Å². The van der Waals surface area contributed by atoms with Crippen LogP contribution in [0.2, 0.25) is 0 Å². The zero-order chi connectivity index (χ0) is 21.2. The topological polar surface area (TPSA) is 81.4 Å². The smallest absolute Gasteiger partial charge is 0.259 e. The maximum Gasteiger partial charge on any atom is 0.259 e. The fraction of sp³-hybridized carbons (Fsp3) is 0.167. The first-order valence-electron chi connectivity index (χ1n) is 10.0. The monoisotopic (exact) mass is 412 g/mol. The van der Waals surface area contributed by atoms with Crippen LogP contribution in [0.15, 0.2) is 77.6 Å². The molecular weight excluding hydrogens is 392 g/mol. The van der Waals surface area contributed by atoms with Gasteiger partial charge in [-0.1, -0.05) is 22.9 Å². The highest BCUT2D eigenvalue weighted by atomic mass is 16.5. The van der Waals surface area contributed by atoms with Gasteiger partial charge in [-0.05, 0) is 55.5 Å². The van der Waals surface area contributed by atoms with E-state index in [2.05, 4.69) is 15.1 Å². The highest BCUT2D eigenvalue weighted by molar-refractivity contribution is 5.95. The Hall–Kier alpha value is -4.00. The Labute approximate surface area is 179 Å². The van der Waals surface area contributed by atoms with E-state index in [0.717, 1.165) is 22.4 Å². The second-order valence-electron chi connectivity index (χ2n) is 7.51. The molecule has 0 atom stereocenters. The summed E-state index contributed by atoms with van der Waals surface area (Å²) in [7, 11) is 0. The van der Waals surface area contributed by atoms with E-state index in [-0.39, 0.29) is 12.0 Å². The van der Waals surface area contributed by atoms with Crippen LogP contribution in [-0.2, 0) is 0 Å². The number of carbonyl (C=O) groups is 1. The first-order valence-corrected chi connectivity index (χ1v) is 10.0. The van der Waals surface area contributed by atoms with Crippen LogP contribution in [0.3, 0.4) is 0 Å². The summed E-state index contributed by atoms with van der Waals surface area (Å²) in [6, 6.07) is 18.9. The van der Waals surface area contributed by atoms with Gasteiger partial charge in [-0.3, -0.25) is 9.78 Å². The average molecular weight is 412 g/mol. The largest absolute Gasteiger partial charge is 0.487 e. The van der Waals surface area contributed by atoms with Crippen LogP contribution in [0.1, 0.15) is 15.9 Å². The van der Waals surface area contributed by atoms with Gasteiger partial charge in [-0.25, -0.2) is 0 Å². The van der Waals surface area contributed by atoms with E-state index in [1.807, 2.05) is 67.6 Å². The Morgan fingerprint density at radius 3 is 2.65 bits per heavy atom. The number of hydrogen-bond donors (Lipinski definition) is 0. The number of aryl methyl sites for hydroxylation is 1. The molecule has 2 aromatic heterocycles. The zero-order valence-corrected chi connectivity index (χ0v) is 16.9. The molecule has 0 spiro atoms. The van der Waals surface area contributed by atoms with Crippen LogP contribution in [0.4, 0.5) is 0 Å². The first kappa shape index (κ1) is 19.0. The summed E-state index contributed by atoms with van der Waals surface area (Å²) in [5.41, 5.74) is 3.40. The van der Waals surface area contributed by atoms with Gasteiger partial charge < -0.3 is 14.2 Å². The molecule has 1 saturated heterocycles. The van der Waals surface area contributed by atoms with E-state index in [4.69, 9.17) is 9.26 Å². The highest BCUT2D eigenvalue weighted by Gasteiger charge is 2.32. The van der Waals surface area contributed by atoms with Gasteiger partial charge in [-0.2, -0.15) is 4.98 Å².